The molecule has 0 saturated heterocycles. The molecule has 2 heterocycles. The summed E-state index contributed by atoms with van der Waals surface area (Å²) in [7, 11) is 0. The van der Waals surface area contributed by atoms with Gasteiger partial charge in [-0.25, -0.2) is 9.97 Å². The fraction of sp³-hybridized carbons (Fsp3) is 0.450. The van der Waals surface area contributed by atoms with Gasteiger partial charge in [-0.05, 0) is 38.8 Å². The molecule has 1 fully saturated rings. The molecule has 1 aromatic carbocycles. The third-order valence-electron chi connectivity index (χ3n) is 4.72. The molecule has 0 radical (unpaired) electrons. The fourth-order valence-electron chi connectivity index (χ4n) is 3.51. The number of nitrogens with zero attached hydrogens (tertiary/aromatic N) is 4. The number of imidazole rings is 1. The summed E-state index contributed by atoms with van der Waals surface area (Å²) in [4.78, 5) is 13.6. The minimum atomic E-state index is 0.131. The lowest BCUT2D eigenvalue weighted by molar-refractivity contribution is 0.242. The van der Waals surface area contributed by atoms with E-state index >= 15 is 0 Å². The number of benzene rings is 1. The van der Waals surface area contributed by atoms with Gasteiger partial charge in [0.15, 0.2) is 5.82 Å². The molecule has 1 aliphatic rings. The van der Waals surface area contributed by atoms with Gasteiger partial charge in [0.1, 0.15) is 17.9 Å². The van der Waals surface area contributed by atoms with Crippen LogP contribution in [-0.4, -0.2) is 31.7 Å². The minimum Gasteiger partial charge on any atom is -0.491 e. The van der Waals surface area contributed by atoms with E-state index in [2.05, 4.69) is 15.3 Å². The molecule has 0 atom stereocenters. The van der Waals surface area contributed by atoms with Crippen molar-refractivity contribution in [3.63, 3.8) is 0 Å². The van der Waals surface area contributed by atoms with Gasteiger partial charge in [0.25, 0.3) is 0 Å². The molecule has 0 amide bonds. The third kappa shape index (κ3) is 3.64. The van der Waals surface area contributed by atoms with Crippen LogP contribution in [0.25, 0.3) is 16.9 Å². The van der Waals surface area contributed by atoms with Gasteiger partial charge in [-0.2, -0.15) is 0 Å². The molecule has 0 aliphatic heterocycles. The van der Waals surface area contributed by atoms with Crippen LogP contribution in [0.1, 0.15) is 46.0 Å². The standard InChI is InChI=1S/C20H25N5O/c1-14(2)26-16-8-9-17-18(10-16)25(13-22-17)20-12-21-11-19(24-20)23-15-6-4-3-5-7-15/h8-15H,3-7H2,1-2H3,(H,23,24). The number of hydrogen-bond donors (Lipinski definition) is 1. The van der Waals surface area contributed by atoms with E-state index in [0.29, 0.717) is 6.04 Å². The van der Waals surface area contributed by atoms with Crippen LogP contribution in [-0.2, 0) is 0 Å². The van der Waals surface area contributed by atoms with Crippen molar-refractivity contribution in [3.05, 3.63) is 36.9 Å². The Kier molecular flexibility index (Phi) is 4.73. The molecule has 0 spiro atoms. The van der Waals surface area contributed by atoms with Crippen LogP contribution in [0.5, 0.6) is 5.75 Å². The second kappa shape index (κ2) is 7.32. The summed E-state index contributed by atoms with van der Waals surface area (Å²) in [6, 6.07) is 6.43. The van der Waals surface area contributed by atoms with Crippen molar-refractivity contribution in [3.8, 4) is 11.6 Å². The molecule has 26 heavy (non-hydrogen) atoms. The van der Waals surface area contributed by atoms with Crippen molar-refractivity contribution < 1.29 is 4.74 Å². The lowest BCUT2D eigenvalue weighted by Gasteiger charge is -2.23. The lowest BCUT2D eigenvalue weighted by atomic mass is 9.96. The predicted molar refractivity (Wildman–Crippen MR) is 103 cm³/mol. The van der Waals surface area contributed by atoms with Gasteiger partial charge in [0.2, 0.25) is 0 Å². The van der Waals surface area contributed by atoms with Crippen LogP contribution in [0.4, 0.5) is 5.82 Å². The number of ether oxygens (including phenoxy) is 1. The van der Waals surface area contributed by atoms with Crippen molar-refractivity contribution in [2.45, 2.75) is 58.1 Å². The van der Waals surface area contributed by atoms with E-state index < -0.39 is 0 Å². The molecule has 0 bridgehead atoms. The average Bonchev–Trinajstić information content (AvgIpc) is 3.05. The van der Waals surface area contributed by atoms with E-state index in [4.69, 9.17) is 9.72 Å². The molecular weight excluding hydrogens is 326 g/mol. The number of anilines is 1. The number of nitrogens with one attached hydrogen (secondary N) is 1. The van der Waals surface area contributed by atoms with Crippen LogP contribution in [0.2, 0.25) is 0 Å². The zero-order valence-corrected chi connectivity index (χ0v) is 15.4. The largest absolute Gasteiger partial charge is 0.491 e. The molecule has 6 nitrogen and oxygen atoms in total. The zero-order valence-electron chi connectivity index (χ0n) is 15.4. The van der Waals surface area contributed by atoms with Crippen molar-refractivity contribution in [2.24, 2.45) is 0 Å². The van der Waals surface area contributed by atoms with Crippen molar-refractivity contribution >= 4 is 16.9 Å². The van der Waals surface area contributed by atoms with Crippen molar-refractivity contribution in [1.82, 2.24) is 19.5 Å². The second-order valence-corrected chi connectivity index (χ2v) is 7.17. The van der Waals surface area contributed by atoms with E-state index in [1.54, 1.807) is 18.7 Å². The first kappa shape index (κ1) is 16.8. The van der Waals surface area contributed by atoms with E-state index in [9.17, 15) is 0 Å². The van der Waals surface area contributed by atoms with E-state index in [1.807, 2.05) is 36.6 Å². The smallest absolute Gasteiger partial charge is 0.159 e. The Labute approximate surface area is 153 Å². The molecule has 4 rings (SSSR count). The SMILES string of the molecule is CC(C)Oc1ccc2ncn(-c3cncc(NC4CCCCC4)n3)c2c1. The summed E-state index contributed by atoms with van der Waals surface area (Å²) in [5.74, 6) is 2.42. The van der Waals surface area contributed by atoms with Crippen molar-refractivity contribution in [1.29, 1.82) is 0 Å². The highest BCUT2D eigenvalue weighted by atomic mass is 16.5. The van der Waals surface area contributed by atoms with Crippen LogP contribution in [0.15, 0.2) is 36.9 Å². The normalized spacial score (nSPS) is 15.5. The monoisotopic (exact) mass is 351 g/mol. The maximum atomic E-state index is 5.82. The summed E-state index contributed by atoms with van der Waals surface area (Å²) in [6.45, 7) is 4.04. The first-order chi connectivity index (χ1) is 12.7. The van der Waals surface area contributed by atoms with Gasteiger partial charge in [-0.1, -0.05) is 19.3 Å². The second-order valence-electron chi connectivity index (χ2n) is 7.17. The van der Waals surface area contributed by atoms with Gasteiger partial charge in [0.05, 0.1) is 29.5 Å². The Morgan fingerprint density at radius 3 is 2.81 bits per heavy atom. The van der Waals surface area contributed by atoms with Crippen molar-refractivity contribution in [2.75, 3.05) is 5.32 Å². The molecule has 136 valence electrons. The highest BCUT2D eigenvalue weighted by Gasteiger charge is 2.14. The summed E-state index contributed by atoms with van der Waals surface area (Å²) in [5.41, 5.74) is 1.88. The maximum absolute atomic E-state index is 5.82. The highest BCUT2D eigenvalue weighted by Crippen LogP contribution is 2.24. The fourth-order valence-corrected chi connectivity index (χ4v) is 3.51. The molecule has 6 heteroatoms. The summed E-state index contributed by atoms with van der Waals surface area (Å²) in [5, 5.41) is 3.54. The van der Waals surface area contributed by atoms with E-state index in [0.717, 1.165) is 28.4 Å². The van der Waals surface area contributed by atoms with Gasteiger partial charge >= 0.3 is 0 Å². The van der Waals surface area contributed by atoms with E-state index in [1.165, 1.54) is 32.1 Å². The van der Waals surface area contributed by atoms with Gasteiger partial charge in [-0.3, -0.25) is 9.55 Å². The molecule has 0 unspecified atom stereocenters. The third-order valence-corrected chi connectivity index (χ3v) is 4.72. The topological polar surface area (TPSA) is 64.9 Å². The molecule has 1 N–H and O–H groups in total. The zero-order chi connectivity index (χ0) is 17.9. The van der Waals surface area contributed by atoms with Crippen LogP contribution >= 0.6 is 0 Å². The van der Waals surface area contributed by atoms with Gasteiger partial charge in [-0.15, -0.1) is 0 Å². The molecule has 2 aromatic heterocycles. The van der Waals surface area contributed by atoms with Crippen LogP contribution in [0.3, 0.4) is 0 Å². The molecular formula is C20H25N5O. The molecule has 3 aromatic rings. The Hall–Kier alpha value is -2.63. The maximum Gasteiger partial charge on any atom is 0.159 e. The van der Waals surface area contributed by atoms with Gasteiger partial charge < -0.3 is 10.1 Å². The van der Waals surface area contributed by atoms with Crippen LogP contribution in [0, 0.1) is 0 Å². The minimum absolute atomic E-state index is 0.131. The van der Waals surface area contributed by atoms with Crippen LogP contribution < -0.4 is 10.1 Å². The van der Waals surface area contributed by atoms with E-state index in [-0.39, 0.29) is 6.10 Å². The summed E-state index contributed by atoms with van der Waals surface area (Å²) >= 11 is 0. The number of hydrogen-bond acceptors (Lipinski definition) is 5. The first-order valence-corrected chi connectivity index (χ1v) is 9.42. The average molecular weight is 351 g/mol. The quantitative estimate of drug-likeness (QED) is 0.740. The van der Waals surface area contributed by atoms with Gasteiger partial charge in [0, 0.05) is 12.1 Å². The first-order valence-electron chi connectivity index (χ1n) is 9.42. The number of aromatic nitrogens is 4. The number of rotatable bonds is 5. The number of fused-ring (bicyclic) bond motifs is 1. The Morgan fingerprint density at radius 1 is 1.15 bits per heavy atom. The summed E-state index contributed by atoms with van der Waals surface area (Å²) < 4.78 is 7.78. The Balaban J connectivity index is 1.63. The summed E-state index contributed by atoms with van der Waals surface area (Å²) in [6.07, 6.45) is 11.8. The molecule has 1 saturated carbocycles. The molecule has 1 aliphatic carbocycles. The lowest BCUT2D eigenvalue weighted by Crippen LogP contribution is -2.23. The Bertz CT molecular complexity index is 883. The Morgan fingerprint density at radius 2 is 2.00 bits per heavy atom. The predicted octanol–water partition coefficient (Wildman–Crippen LogP) is 4.35. The highest BCUT2D eigenvalue weighted by molar-refractivity contribution is 5.78.